The van der Waals surface area contributed by atoms with Crippen LogP contribution in [0.2, 0.25) is 14.8 Å². The van der Waals surface area contributed by atoms with Crippen LogP contribution >= 0.6 is 0 Å². The first-order valence-electron chi connectivity index (χ1n) is 8.20. The molecule has 0 heterocycles. The maximum atomic E-state index is 3.52. The number of aryl methyl sites for hydroxylation is 1. The fraction of sp³-hybridized carbons (Fsp3) is 0.500. The van der Waals surface area contributed by atoms with Crippen molar-refractivity contribution in [2.24, 2.45) is 0 Å². The van der Waals surface area contributed by atoms with Crippen molar-refractivity contribution >= 4 is 18.4 Å². The molecule has 0 aliphatic rings. The molecule has 0 aromatic heterocycles. The molecule has 0 fully saturated rings. The van der Waals surface area contributed by atoms with Crippen LogP contribution in [0.1, 0.15) is 50.7 Å². The average molecular weight is 389 g/mol. The summed E-state index contributed by atoms with van der Waals surface area (Å²) in [5.41, 5.74) is 3.87. The van der Waals surface area contributed by atoms with E-state index < -0.39 is 18.4 Å². The van der Waals surface area contributed by atoms with Gasteiger partial charge in [0.15, 0.2) is 0 Å². The zero-order valence-electron chi connectivity index (χ0n) is 14.6. The van der Waals surface area contributed by atoms with Crippen molar-refractivity contribution < 1.29 is 0 Å². The van der Waals surface area contributed by atoms with Crippen LogP contribution in [0.3, 0.4) is 0 Å². The fourth-order valence-corrected chi connectivity index (χ4v) is 8.48. The van der Waals surface area contributed by atoms with E-state index in [1.54, 1.807) is 3.59 Å². The zero-order valence-corrected chi connectivity index (χ0v) is 17.5. The van der Waals surface area contributed by atoms with Gasteiger partial charge in [0.1, 0.15) is 0 Å². The van der Waals surface area contributed by atoms with E-state index in [-0.39, 0.29) is 0 Å². The molecule has 0 saturated carbocycles. The molecule has 1 rings (SSSR count). The molecule has 0 N–H and O–H groups in total. The minimum absolute atomic E-state index is 1.08. The van der Waals surface area contributed by atoms with Gasteiger partial charge >= 0.3 is 136 Å². The summed E-state index contributed by atoms with van der Waals surface area (Å²) in [6.45, 7) is 6.67. The topological polar surface area (TPSA) is 0 Å². The number of benzene rings is 1. The number of unbranched alkanes of at least 4 members (excludes halogenated alkanes) is 1. The van der Waals surface area contributed by atoms with Crippen LogP contribution in [-0.4, -0.2) is 18.4 Å². The zero-order chi connectivity index (χ0) is 15.9. The summed E-state index contributed by atoms with van der Waals surface area (Å²) in [7, 11) is 0. The minimum atomic E-state index is -2.05. The molecule has 1 aromatic rings. The van der Waals surface area contributed by atoms with Crippen molar-refractivity contribution in [3.05, 3.63) is 44.6 Å². The molecule has 114 valence electrons. The summed E-state index contributed by atoms with van der Waals surface area (Å²) in [6, 6.07) is 8.42. The molecule has 0 radical (unpaired) electrons. The Bertz CT molecular complexity index is 547. The molecule has 0 bridgehead atoms. The third-order valence-electron chi connectivity index (χ3n) is 3.90. The first-order chi connectivity index (χ1) is 9.90. The third kappa shape index (κ3) is 5.91. The Hall–Kier alpha value is -0.681. The maximum absolute atomic E-state index is 3.52. The molecule has 0 amide bonds. The third-order valence-corrected chi connectivity index (χ3v) is 10.6. The van der Waals surface area contributed by atoms with Gasteiger partial charge in [0.2, 0.25) is 0 Å². The Morgan fingerprint density at radius 3 is 2.29 bits per heavy atom. The standard InChI is InChI=1S/C17H21.3CH3.Sn/c1-4-6-7-11-16(5-2)13-14-17-12-9-8-10-15(17)3;;;;/h8-10,12H,4-7H2,1-3H3;3*1H3;. The molecule has 0 spiro atoms. The van der Waals surface area contributed by atoms with E-state index in [1.807, 2.05) is 0 Å². The molecule has 0 unspecified atom stereocenters. The molecule has 0 saturated heterocycles. The second-order valence-corrected chi connectivity index (χ2v) is 21.3. The van der Waals surface area contributed by atoms with Crippen LogP contribution in [0.4, 0.5) is 0 Å². The summed E-state index contributed by atoms with van der Waals surface area (Å²) >= 11 is -2.05. The summed E-state index contributed by atoms with van der Waals surface area (Å²) in [5, 5.41) is 0. The van der Waals surface area contributed by atoms with Crippen LogP contribution in [0.15, 0.2) is 33.4 Å². The number of rotatable bonds is 5. The van der Waals surface area contributed by atoms with Crippen molar-refractivity contribution in [1.29, 1.82) is 0 Å². The summed E-state index contributed by atoms with van der Waals surface area (Å²) in [6.07, 6.45) is 4.92. The summed E-state index contributed by atoms with van der Waals surface area (Å²) in [4.78, 5) is 7.56. The molecular formula is C20H30Sn. The van der Waals surface area contributed by atoms with E-state index in [1.165, 1.54) is 36.0 Å². The van der Waals surface area contributed by atoms with E-state index in [0.717, 1.165) is 6.42 Å². The normalized spacial score (nSPS) is 12.5. The molecule has 0 aliphatic heterocycles. The van der Waals surface area contributed by atoms with Gasteiger partial charge in [-0.05, 0) is 0 Å². The monoisotopic (exact) mass is 390 g/mol. The molecule has 0 nitrogen and oxygen atoms in total. The molecular weight excluding hydrogens is 359 g/mol. The van der Waals surface area contributed by atoms with Crippen molar-refractivity contribution in [2.75, 3.05) is 0 Å². The van der Waals surface area contributed by atoms with Gasteiger partial charge in [0.05, 0.1) is 0 Å². The van der Waals surface area contributed by atoms with Gasteiger partial charge in [-0.25, -0.2) is 0 Å². The summed E-state index contributed by atoms with van der Waals surface area (Å²) < 4.78 is 1.75. The van der Waals surface area contributed by atoms with Crippen LogP contribution < -0.4 is 0 Å². The van der Waals surface area contributed by atoms with Gasteiger partial charge in [-0.2, -0.15) is 0 Å². The van der Waals surface area contributed by atoms with Gasteiger partial charge < -0.3 is 0 Å². The Morgan fingerprint density at radius 1 is 1.10 bits per heavy atom. The molecule has 21 heavy (non-hydrogen) atoms. The Kier molecular flexibility index (Phi) is 7.60. The van der Waals surface area contributed by atoms with Crippen molar-refractivity contribution in [3.63, 3.8) is 0 Å². The van der Waals surface area contributed by atoms with Gasteiger partial charge in [0.25, 0.3) is 0 Å². The van der Waals surface area contributed by atoms with E-state index in [4.69, 9.17) is 0 Å². The Morgan fingerprint density at radius 2 is 1.76 bits per heavy atom. The van der Waals surface area contributed by atoms with Crippen molar-refractivity contribution in [2.45, 2.75) is 61.3 Å². The first-order valence-corrected chi connectivity index (χ1v) is 18.2. The Labute approximate surface area is 135 Å². The number of hydrogen-bond acceptors (Lipinski definition) is 0. The van der Waals surface area contributed by atoms with Gasteiger partial charge in [-0.15, -0.1) is 0 Å². The van der Waals surface area contributed by atoms with E-state index in [0.29, 0.717) is 0 Å². The Balaban J connectivity index is 3.20. The van der Waals surface area contributed by atoms with E-state index in [2.05, 4.69) is 71.7 Å². The quantitative estimate of drug-likeness (QED) is 0.421. The van der Waals surface area contributed by atoms with Crippen LogP contribution in [0.25, 0.3) is 0 Å². The van der Waals surface area contributed by atoms with E-state index >= 15 is 0 Å². The van der Waals surface area contributed by atoms with Crippen LogP contribution in [-0.2, 0) is 0 Å². The van der Waals surface area contributed by atoms with Crippen LogP contribution in [0, 0.1) is 18.8 Å². The van der Waals surface area contributed by atoms with E-state index in [9.17, 15) is 0 Å². The fourth-order valence-electron chi connectivity index (χ4n) is 2.57. The number of hydrogen-bond donors (Lipinski definition) is 0. The van der Waals surface area contributed by atoms with Crippen molar-refractivity contribution in [3.8, 4) is 11.8 Å². The summed E-state index contributed by atoms with van der Waals surface area (Å²) in [5.74, 6) is 6.94. The molecule has 1 aromatic carbocycles. The average Bonchev–Trinajstić information content (AvgIpc) is 2.42. The molecule has 0 aliphatic carbocycles. The van der Waals surface area contributed by atoms with Crippen molar-refractivity contribution in [1.82, 2.24) is 0 Å². The first kappa shape index (κ1) is 18.4. The molecule has 1 heteroatoms. The van der Waals surface area contributed by atoms with Gasteiger partial charge in [0, 0.05) is 0 Å². The second-order valence-electron chi connectivity index (χ2n) is 6.73. The predicted molar refractivity (Wildman–Crippen MR) is 98.2 cm³/mol. The SMILES string of the molecule is CCCC/[C](=C(/C#Cc1ccccc1C)CC)[Sn]([CH3])([CH3])[CH3]. The number of allylic oxidation sites excluding steroid dienone is 2. The van der Waals surface area contributed by atoms with Gasteiger partial charge in [-0.1, -0.05) is 0 Å². The molecule has 0 atom stereocenters. The van der Waals surface area contributed by atoms with Crippen LogP contribution in [0.5, 0.6) is 0 Å². The second kappa shape index (κ2) is 8.69. The predicted octanol–water partition coefficient (Wildman–Crippen LogP) is 6.12. The van der Waals surface area contributed by atoms with Gasteiger partial charge in [-0.3, -0.25) is 0 Å².